The second kappa shape index (κ2) is 10.9. The zero-order valence-corrected chi connectivity index (χ0v) is 28.2. The fourth-order valence-electron chi connectivity index (χ4n) is 8.56. The van der Waals surface area contributed by atoms with Crippen LogP contribution in [0.15, 0.2) is 97.1 Å². The Balaban J connectivity index is 1.35. The van der Waals surface area contributed by atoms with Gasteiger partial charge in [0.25, 0.3) is 0 Å². The Labute approximate surface area is 280 Å². The number of hydrogen-bond acceptors (Lipinski definition) is 3. The normalized spacial score (nSPS) is 23.2. The third kappa shape index (κ3) is 4.67. The molecule has 2 bridgehead atoms. The molecule has 0 aromatic heterocycles. The molecule has 1 N–H and O–H groups in total. The minimum atomic E-state index is -0.770. The second-order valence-electron chi connectivity index (χ2n) is 13.4. The van der Waals surface area contributed by atoms with E-state index in [2.05, 4.69) is 144 Å². The zero-order chi connectivity index (χ0) is 30.9. The number of benzene rings is 5. The van der Waals surface area contributed by atoms with Gasteiger partial charge in [-0.15, -0.1) is 0 Å². The van der Waals surface area contributed by atoms with E-state index in [0.29, 0.717) is 11.7 Å². The fourth-order valence-corrected chi connectivity index (χ4v) is 8.88. The number of fused-ring (bicyclic) bond motifs is 5. The van der Waals surface area contributed by atoms with E-state index in [1.54, 1.807) is 0 Å². The number of nitrogens with zero attached hydrogens (tertiary/aromatic N) is 1. The summed E-state index contributed by atoms with van der Waals surface area (Å²) in [5.74, 6) is 3.34. The van der Waals surface area contributed by atoms with Gasteiger partial charge in [-0.25, -0.2) is 0 Å². The summed E-state index contributed by atoms with van der Waals surface area (Å²) in [6, 6.07) is 32.2. The third-order valence-electron chi connectivity index (χ3n) is 10.8. The summed E-state index contributed by atoms with van der Waals surface area (Å²) in [7, 11) is 2.06. The van der Waals surface area contributed by atoms with Crippen molar-refractivity contribution in [3.05, 3.63) is 130 Å². The molecule has 3 aliphatic rings. The average Bonchev–Trinajstić information content (AvgIpc) is 3.70. The lowest BCUT2D eigenvalue weighted by molar-refractivity contribution is 0.163. The minimum Gasteiger partial charge on any atom is -0.508 e. The lowest BCUT2D eigenvalue weighted by Gasteiger charge is -2.38. The molecular weight excluding hydrogens is 665 g/mol. The Morgan fingerprint density at radius 3 is 2.33 bits per heavy atom. The number of phenolic OH excluding ortho intramolecular Hbond substituents is 1. The van der Waals surface area contributed by atoms with Crippen molar-refractivity contribution in [1.29, 1.82) is 0 Å². The molecule has 1 heterocycles. The van der Waals surface area contributed by atoms with Crippen LogP contribution in [0.5, 0.6) is 11.5 Å². The molecule has 5 aromatic carbocycles. The van der Waals surface area contributed by atoms with Gasteiger partial charge in [0, 0.05) is 34.8 Å². The minimum absolute atomic E-state index is 0.364. The molecule has 2 fully saturated rings. The van der Waals surface area contributed by atoms with E-state index in [1.807, 2.05) is 6.07 Å². The van der Waals surface area contributed by atoms with Crippen molar-refractivity contribution in [3.63, 3.8) is 0 Å². The molecule has 226 valence electrons. The van der Waals surface area contributed by atoms with Crippen LogP contribution < -0.4 is 7.85 Å². The molecule has 0 radical (unpaired) electrons. The molecule has 0 spiro atoms. The van der Waals surface area contributed by atoms with Crippen LogP contribution in [0.4, 0.5) is 5.69 Å². The highest BCUT2D eigenvalue weighted by Gasteiger charge is 2.42. The Hall–Kier alpha value is -3.77. The fraction of sp³-hybridized carbons (Fsp3) is 0.268. The first kappa shape index (κ1) is 28.7. The van der Waals surface area contributed by atoms with Gasteiger partial charge in [-0.05, 0) is 115 Å². The van der Waals surface area contributed by atoms with Crippen molar-refractivity contribution < 1.29 is 9.84 Å². The molecular formula is C41H38INO2. The molecule has 5 aromatic rings. The van der Waals surface area contributed by atoms with E-state index in [0.717, 1.165) is 45.3 Å². The standard InChI is InChI=1S/C41H38INO2/c1-25-9-17-35-38(21-25)40-33(26(2)39(35)34-18-16-32(44)24-37(34)36-23-27-10-11-28(36)22-27)19-20-41(45-40,29-7-5-4-6-8-29)30-12-14-31(15-13-30)43(3)42/h4-9,12-21,24,27-28,36,44H,10-11,22-23H2,1-3H3. The highest BCUT2D eigenvalue weighted by atomic mass is 127. The lowest BCUT2D eigenvalue weighted by Crippen LogP contribution is -2.34. The summed E-state index contributed by atoms with van der Waals surface area (Å²) in [5.41, 5.74) is 9.95. The van der Waals surface area contributed by atoms with E-state index < -0.39 is 5.60 Å². The van der Waals surface area contributed by atoms with Crippen molar-refractivity contribution in [1.82, 2.24) is 0 Å². The average molecular weight is 704 g/mol. The van der Waals surface area contributed by atoms with Crippen molar-refractivity contribution in [2.24, 2.45) is 11.8 Å². The highest BCUT2D eigenvalue weighted by molar-refractivity contribution is 14.1. The Kier molecular flexibility index (Phi) is 6.97. The number of aromatic hydroxyl groups is 1. The van der Waals surface area contributed by atoms with Crippen molar-refractivity contribution in [3.8, 4) is 22.6 Å². The molecule has 2 aliphatic carbocycles. The number of anilines is 1. The van der Waals surface area contributed by atoms with Crippen LogP contribution in [-0.2, 0) is 5.60 Å². The van der Waals surface area contributed by atoms with E-state index in [-0.39, 0.29) is 0 Å². The van der Waals surface area contributed by atoms with Crippen LogP contribution in [0.25, 0.3) is 28.0 Å². The van der Waals surface area contributed by atoms with Crippen molar-refractivity contribution in [2.45, 2.75) is 51.0 Å². The number of phenols is 1. The summed E-state index contributed by atoms with van der Waals surface area (Å²) in [4.78, 5) is 0. The van der Waals surface area contributed by atoms with Gasteiger partial charge in [0.15, 0.2) is 5.60 Å². The SMILES string of the molecule is Cc1ccc2c(-c3ccc(O)cc3C3CC4CCC3C4)c(C)c3c(c2c1)OC(c1ccccc1)(c1ccc(N(C)I)cc1)C=C3. The van der Waals surface area contributed by atoms with E-state index in [9.17, 15) is 5.11 Å². The predicted molar refractivity (Wildman–Crippen MR) is 194 cm³/mol. The monoisotopic (exact) mass is 703 g/mol. The van der Waals surface area contributed by atoms with Crippen molar-refractivity contribution >= 4 is 45.4 Å². The maximum absolute atomic E-state index is 10.7. The molecule has 4 heteroatoms. The van der Waals surface area contributed by atoms with Gasteiger partial charge >= 0.3 is 0 Å². The van der Waals surface area contributed by atoms with Crippen molar-refractivity contribution in [2.75, 3.05) is 10.2 Å². The Bertz CT molecular complexity index is 1960. The largest absolute Gasteiger partial charge is 0.508 e. The van der Waals surface area contributed by atoms with Gasteiger partial charge in [0.1, 0.15) is 11.5 Å². The molecule has 4 atom stereocenters. The number of rotatable bonds is 5. The second-order valence-corrected chi connectivity index (χ2v) is 14.9. The number of halogens is 1. The summed E-state index contributed by atoms with van der Waals surface area (Å²) in [6.07, 6.45) is 9.77. The lowest BCUT2D eigenvalue weighted by atomic mass is 9.77. The van der Waals surface area contributed by atoms with Crippen LogP contribution in [0.1, 0.15) is 65.0 Å². The van der Waals surface area contributed by atoms with Gasteiger partial charge in [0.05, 0.1) is 22.9 Å². The smallest absolute Gasteiger partial charge is 0.178 e. The van der Waals surface area contributed by atoms with Gasteiger partial charge in [0.2, 0.25) is 0 Å². The highest BCUT2D eigenvalue weighted by Crippen LogP contribution is 2.56. The molecule has 0 amide bonds. The topological polar surface area (TPSA) is 32.7 Å². The molecule has 8 rings (SSSR count). The first-order chi connectivity index (χ1) is 21.8. The zero-order valence-electron chi connectivity index (χ0n) is 26.1. The van der Waals surface area contributed by atoms with Gasteiger partial charge in [-0.1, -0.05) is 78.7 Å². The Morgan fingerprint density at radius 2 is 1.62 bits per heavy atom. The van der Waals surface area contributed by atoms with E-state index >= 15 is 0 Å². The van der Waals surface area contributed by atoms with E-state index in [1.165, 1.54) is 58.9 Å². The molecule has 45 heavy (non-hydrogen) atoms. The number of hydrogen-bond donors (Lipinski definition) is 1. The molecule has 0 saturated heterocycles. The summed E-state index contributed by atoms with van der Waals surface area (Å²) in [6.45, 7) is 4.41. The first-order valence-electron chi connectivity index (χ1n) is 16.2. The number of ether oxygens (including phenoxy) is 1. The van der Waals surface area contributed by atoms with E-state index in [4.69, 9.17) is 4.74 Å². The quantitative estimate of drug-likeness (QED) is 0.146. The predicted octanol–water partition coefficient (Wildman–Crippen LogP) is 10.9. The van der Waals surface area contributed by atoms with Gasteiger partial charge < -0.3 is 13.0 Å². The third-order valence-corrected chi connectivity index (χ3v) is 11.3. The van der Waals surface area contributed by atoms with Crippen LogP contribution in [0.3, 0.4) is 0 Å². The summed E-state index contributed by atoms with van der Waals surface area (Å²) < 4.78 is 9.48. The summed E-state index contributed by atoms with van der Waals surface area (Å²) in [5, 5.41) is 13.0. The maximum atomic E-state index is 10.7. The molecule has 3 nitrogen and oxygen atoms in total. The molecule has 1 aliphatic heterocycles. The van der Waals surface area contributed by atoms with Crippen LogP contribution >= 0.6 is 22.9 Å². The Morgan fingerprint density at radius 1 is 0.844 bits per heavy atom. The van der Waals surface area contributed by atoms with Crippen LogP contribution in [-0.4, -0.2) is 12.2 Å². The van der Waals surface area contributed by atoms with Gasteiger partial charge in [-0.2, -0.15) is 0 Å². The maximum Gasteiger partial charge on any atom is 0.178 e. The first-order valence-corrected chi connectivity index (χ1v) is 17.1. The van der Waals surface area contributed by atoms with Crippen LogP contribution in [0, 0.1) is 25.7 Å². The summed E-state index contributed by atoms with van der Waals surface area (Å²) >= 11 is 2.31. The van der Waals surface area contributed by atoms with Crippen LogP contribution in [0.2, 0.25) is 0 Å². The number of aryl methyl sites for hydroxylation is 1. The van der Waals surface area contributed by atoms with Gasteiger partial charge in [-0.3, -0.25) is 0 Å². The molecule has 4 unspecified atom stereocenters. The molecule has 2 saturated carbocycles.